The van der Waals surface area contributed by atoms with Crippen LogP contribution in [0.1, 0.15) is 41.7 Å². The number of nitrogens with zero attached hydrogens (tertiary/aromatic N) is 1. The summed E-state index contributed by atoms with van der Waals surface area (Å²) in [6.07, 6.45) is 0.877. The SMILES string of the molecule is O=C1[C@H](CC[C@H](OCc2ccccc2)c2ccc(F)cc2)[C@@H](c2ccc(S)cc2)N1c1ccc(F)cc1. The predicted octanol–water partition coefficient (Wildman–Crippen LogP) is 7.70. The number of ether oxygens (including phenoxy) is 1. The minimum Gasteiger partial charge on any atom is -0.369 e. The summed E-state index contributed by atoms with van der Waals surface area (Å²) < 4.78 is 33.4. The first-order valence-electron chi connectivity index (χ1n) is 12.3. The van der Waals surface area contributed by atoms with Crippen molar-refractivity contribution in [3.63, 3.8) is 0 Å². The first kappa shape index (κ1) is 25.2. The predicted molar refractivity (Wildman–Crippen MR) is 143 cm³/mol. The maximum Gasteiger partial charge on any atom is 0.233 e. The van der Waals surface area contributed by atoms with Crippen LogP contribution in [0.25, 0.3) is 0 Å². The Bertz CT molecular complexity index is 1330. The molecule has 0 aromatic heterocycles. The Balaban J connectivity index is 1.37. The molecule has 3 nitrogen and oxygen atoms in total. The van der Waals surface area contributed by atoms with Crippen molar-refractivity contribution in [1.29, 1.82) is 0 Å². The highest BCUT2D eigenvalue weighted by Gasteiger charge is 2.48. The molecule has 1 heterocycles. The summed E-state index contributed by atoms with van der Waals surface area (Å²) in [5.74, 6) is -0.920. The van der Waals surface area contributed by atoms with E-state index in [0.29, 0.717) is 25.1 Å². The van der Waals surface area contributed by atoms with Crippen molar-refractivity contribution >= 4 is 24.2 Å². The van der Waals surface area contributed by atoms with Gasteiger partial charge in [-0.2, -0.15) is 0 Å². The fourth-order valence-corrected chi connectivity index (χ4v) is 5.05. The van der Waals surface area contributed by atoms with E-state index in [1.54, 1.807) is 29.2 Å². The highest BCUT2D eigenvalue weighted by molar-refractivity contribution is 7.80. The number of β-lactam (4-membered cyclic amide) rings is 1. The quantitative estimate of drug-likeness (QED) is 0.183. The minimum atomic E-state index is -0.345. The van der Waals surface area contributed by atoms with E-state index in [9.17, 15) is 13.6 Å². The van der Waals surface area contributed by atoms with E-state index in [2.05, 4.69) is 12.6 Å². The van der Waals surface area contributed by atoms with Crippen molar-refractivity contribution in [2.45, 2.75) is 36.5 Å². The lowest BCUT2D eigenvalue weighted by Crippen LogP contribution is -2.55. The second kappa shape index (κ2) is 11.3. The van der Waals surface area contributed by atoms with E-state index in [1.807, 2.05) is 54.6 Å². The fourth-order valence-electron chi connectivity index (χ4n) is 4.90. The van der Waals surface area contributed by atoms with E-state index in [4.69, 9.17) is 4.74 Å². The largest absolute Gasteiger partial charge is 0.369 e. The lowest BCUT2D eigenvalue weighted by atomic mass is 9.78. The van der Waals surface area contributed by atoms with E-state index in [1.165, 1.54) is 24.3 Å². The summed E-state index contributed by atoms with van der Waals surface area (Å²) in [7, 11) is 0. The summed E-state index contributed by atoms with van der Waals surface area (Å²) >= 11 is 4.39. The number of halogens is 2. The smallest absolute Gasteiger partial charge is 0.233 e. The van der Waals surface area contributed by atoms with Crippen molar-refractivity contribution in [2.24, 2.45) is 5.92 Å². The molecule has 0 saturated carbocycles. The maximum absolute atomic E-state index is 13.6. The summed E-state index contributed by atoms with van der Waals surface area (Å²) in [6.45, 7) is 0.413. The Hall–Kier alpha value is -3.48. The van der Waals surface area contributed by atoms with Crippen LogP contribution in [0.5, 0.6) is 0 Å². The van der Waals surface area contributed by atoms with Crippen molar-refractivity contribution in [2.75, 3.05) is 4.90 Å². The van der Waals surface area contributed by atoms with Crippen molar-refractivity contribution < 1.29 is 18.3 Å². The molecule has 0 bridgehead atoms. The zero-order chi connectivity index (χ0) is 25.8. The average molecular weight is 516 g/mol. The zero-order valence-corrected chi connectivity index (χ0v) is 21.0. The number of rotatable bonds is 9. The van der Waals surface area contributed by atoms with Crippen molar-refractivity contribution in [3.05, 3.63) is 131 Å². The van der Waals surface area contributed by atoms with E-state index in [-0.39, 0.29) is 35.6 Å². The highest BCUT2D eigenvalue weighted by Crippen LogP contribution is 2.46. The third-order valence-corrected chi connectivity index (χ3v) is 7.13. The van der Waals surface area contributed by atoms with Gasteiger partial charge < -0.3 is 9.64 Å². The van der Waals surface area contributed by atoms with Crippen LogP contribution in [0.4, 0.5) is 14.5 Å². The maximum atomic E-state index is 13.6. The molecule has 0 spiro atoms. The molecule has 1 aliphatic heterocycles. The summed E-state index contributed by atoms with van der Waals surface area (Å²) in [5, 5.41) is 0. The third-order valence-electron chi connectivity index (χ3n) is 6.83. The molecule has 1 amide bonds. The van der Waals surface area contributed by atoms with E-state index < -0.39 is 0 Å². The second-order valence-electron chi connectivity index (χ2n) is 9.24. The van der Waals surface area contributed by atoms with Crippen molar-refractivity contribution in [3.8, 4) is 0 Å². The molecule has 1 saturated heterocycles. The lowest BCUT2D eigenvalue weighted by molar-refractivity contribution is -0.131. The number of carbonyl (C=O) groups excluding carboxylic acids is 1. The average Bonchev–Trinajstić information content (AvgIpc) is 2.92. The van der Waals surface area contributed by atoms with Gasteiger partial charge >= 0.3 is 0 Å². The van der Waals surface area contributed by atoms with Gasteiger partial charge in [0.15, 0.2) is 0 Å². The van der Waals surface area contributed by atoms with E-state index in [0.717, 1.165) is 21.6 Å². The Labute approximate surface area is 221 Å². The number of thiol groups is 1. The molecule has 4 aromatic carbocycles. The van der Waals surface area contributed by atoms with Crippen LogP contribution in [0.2, 0.25) is 0 Å². The number of anilines is 1. The van der Waals surface area contributed by atoms with Crippen LogP contribution in [-0.2, 0) is 16.1 Å². The van der Waals surface area contributed by atoms with Crippen LogP contribution < -0.4 is 4.90 Å². The van der Waals surface area contributed by atoms with Gasteiger partial charge in [0.05, 0.1) is 24.7 Å². The Morgan fingerprint density at radius 3 is 2.08 bits per heavy atom. The first-order chi connectivity index (χ1) is 18.0. The molecule has 0 unspecified atom stereocenters. The molecule has 37 heavy (non-hydrogen) atoms. The Kier molecular flexibility index (Phi) is 7.68. The second-order valence-corrected chi connectivity index (χ2v) is 9.76. The molecular weight excluding hydrogens is 488 g/mol. The van der Waals surface area contributed by atoms with Gasteiger partial charge in [-0.05, 0) is 78.1 Å². The topological polar surface area (TPSA) is 29.5 Å². The van der Waals surface area contributed by atoms with Gasteiger partial charge in [-0.3, -0.25) is 4.79 Å². The van der Waals surface area contributed by atoms with Crippen LogP contribution >= 0.6 is 12.6 Å². The Morgan fingerprint density at radius 2 is 1.43 bits per heavy atom. The van der Waals surface area contributed by atoms with E-state index >= 15 is 0 Å². The van der Waals surface area contributed by atoms with Gasteiger partial charge in [0, 0.05) is 10.6 Å². The number of carbonyl (C=O) groups is 1. The van der Waals surface area contributed by atoms with Gasteiger partial charge in [0.2, 0.25) is 5.91 Å². The molecule has 1 aliphatic rings. The number of hydrogen-bond donors (Lipinski definition) is 1. The lowest BCUT2D eigenvalue weighted by Gasteiger charge is -2.48. The van der Waals surface area contributed by atoms with Gasteiger partial charge in [-0.1, -0.05) is 54.6 Å². The molecule has 0 radical (unpaired) electrons. The molecule has 1 fully saturated rings. The third kappa shape index (κ3) is 5.76. The molecular formula is C31H27F2NO2S. The Morgan fingerprint density at radius 1 is 0.811 bits per heavy atom. The van der Waals surface area contributed by atoms with Gasteiger partial charge in [0.25, 0.3) is 0 Å². The molecule has 4 aromatic rings. The summed E-state index contributed by atoms with van der Waals surface area (Å²) in [4.78, 5) is 16.0. The van der Waals surface area contributed by atoms with Gasteiger partial charge in [0.1, 0.15) is 11.6 Å². The molecule has 3 atom stereocenters. The van der Waals surface area contributed by atoms with Gasteiger partial charge in [-0.15, -0.1) is 12.6 Å². The molecule has 5 rings (SSSR count). The number of amides is 1. The molecule has 6 heteroatoms. The van der Waals surface area contributed by atoms with Crippen molar-refractivity contribution in [1.82, 2.24) is 0 Å². The monoisotopic (exact) mass is 515 g/mol. The number of hydrogen-bond acceptors (Lipinski definition) is 3. The van der Waals surface area contributed by atoms with Crippen LogP contribution in [0.15, 0.2) is 108 Å². The minimum absolute atomic E-state index is 0.00697. The standard InChI is InChI=1S/C31H27F2NO2S/c32-24-10-6-22(7-11-24)29(36-20-21-4-2-1-3-5-21)19-18-28-30(23-8-16-27(37)17-9-23)34(31(28)35)26-14-12-25(33)13-15-26/h1-17,28-30,37H,18-20H2/t28-,29+,30-/m1/s1. The summed E-state index contributed by atoms with van der Waals surface area (Å²) in [6, 6.07) is 29.8. The number of benzene rings is 4. The summed E-state index contributed by atoms with van der Waals surface area (Å²) in [5.41, 5.74) is 3.57. The van der Waals surface area contributed by atoms with Crippen LogP contribution in [0.3, 0.4) is 0 Å². The zero-order valence-electron chi connectivity index (χ0n) is 20.1. The van der Waals surface area contributed by atoms with Gasteiger partial charge in [-0.25, -0.2) is 8.78 Å². The fraction of sp³-hybridized carbons (Fsp3) is 0.194. The molecule has 188 valence electrons. The first-order valence-corrected chi connectivity index (χ1v) is 12.7. The highest BCUT2D eigenvalue weighted by atomic mass is 32.1. The molecule has 0 N–H and O–H groups in total. The van der Waals surface area contributed by atoms with Crippen LogP contribution in [0, 0.1) is 17.6 Å². The normalized spacial score (nSPS) is 17.9. The molecule has 0 aliphatic carbocycles. The van der Waals surface area contributed by atoms with Crippen LogP contribution in [-0.4, -0.2) is 5.91 Å².